The Balaban J connectivity index is 2.04. The topological polar surface area (TPSA) is 15.3 Å². The van der Waals surface area contributed by atoms with Gasteiger partial charge in [-0.1, -0.05) is 6.92 Å². The van der Waals surface area contributed by atoms with Gasteiger partial charge in [0.1, 0.15) is 0 Å². The number of thioether (sulfide) groups is 1. The molecule has 1 rings (SSSR count). The van der Waals surface area contributed by atoms with Crippen molar-refractivity contribution in [3.8, 4) is 0 Å². The quantitative estimate of drug-likeness (QED) is 0.703. The Morgan fingerprint density at radius 1 is 1.33 bits per heavy atom. The Kier molecular flexibility index (Phi) is 6.69. The van der Waals surface area contributed by atoms with Gasteiger partial charge in [-0.3, -0.25) is 0 Å². The maximum atomic E-state index is 3.44. The lowest BCUT2D eigenvalue weighted by molar-refractivity contribution is 0.372. The summed E-state index contributed by atoms with van der Waals surface area (Å²) in [4.78, 5) is 2.27. The summed E-state index contributed by atoms with van der Waals surface area (Å²) in [6.45, 7) is 6.10. The van der Waals surface area contributed by atoms with E-state index in [-0.39, 0.29) is 0 Å². The van der Waals surface area contributed by atoms with E-state index in [0.29, 0.717) is 0 Å². The van der Waals surface area contributed by atoms with E-state index >= 15 is 0 Å². The minimum atomic E-state index is 0.856. The van der Waals surface area contributed by atoms with Gasteiger partial charge in [-0.2, -0.15) is 11.8 Å². The van der Waals surface area contributed by atoms with Crippen molar-refractivity contribution in [3.63, 3.8) is 0 Å². The number of hydrogen-bond donors (Lipinski definition) is 1. The molecule has 15 heavy (non-hydrogen) atoms. The maximum absolute atomic E-state index is 3.44. The highest BCUT2D eigenvalue weighted by molar-refractivity contribution is 7.99. The molecule has 90 valence electrons. The average molecular weight is 230 g/mol. The summed E-state index contributed by atoms with van der Waals surface area (Å²) in [7, 11) is 4.31. The SMILES string of the molecule is CC(SCCCN(C)C)C1CCNCC1. The molecule has 1 heterocycles. The van der Waals surface area contributed by atoms with Crippen molar-refractivity contribution >= 4 is 11.8 Å². The van der Waals surface area contributed by atoms with Crippen molar-refractivity contribution in [2.24, 2.45) is 5.92 Å². The lowest BCUT2D eigenvalue weighted by atomic mass is 9.95. The molecule has 0 amide bonds. The molecule has 0 bridgehead atoms. The summed E-state index contributed by atoms with van der Waals surface area (Å²) in [6.07, 6.45) is 4.08. The largest absolute Gasteiger partial charge is 0.317 e. The second-order valence-corrected chi connectivity index (χ2v) is 6.31. The second kappa shape index (κ2) is 7.53. The molecule has 0 aromatic rings. The molecule has 1 aliphatic heterocycles. The highest BCUT2D eigenvalue weighted by Gasteiger charge is 2.19. The fraction of sp³-hybridized carbons (Fsp3) is 1.00. The zero-order valence-corrected chi connectivity index (χ0v) is 11.3. The van der Waals surface area contributed by atoms with Crippen LogP contribution in [0.15, 0.2) is 0 Å². The van der Waals surface area contributed by atoms with Gasteiger partial charge < -0.3 is 10.2 Å². The maximum Gasteiger partial charge on any atom is 0.00479 e. The van der Waals surface area contributed by atoms with E-state index in [0.717, 1.165) is 11.2 Å². The van der Waals surface area contributed by atoms with Crippen LogP contribution in [0.1, 0.15) is 26.2 Å². The van der Waals surface area contributed by atoms with Crippen LogP contribution in [0, 0.1) is 5.92 Å². The van der Waals surface area contributed by atoms with E-state index in [1.807, 2.05) is 0 Å². The smallest absolute Gasteiger partial charge is 0.00479 e. The molecule has 0 aromatic heterocycles. The van der Waals surface area contributed by atoms with Gasteiger partial charge in [0, 0.05) is 5.25 Å². The molecule has 0 spiro atoms. The van der Waals surface area contributed by atoms with E-state index in [9.17, 15) is 0 Å². The Hall–Kier alpha value is 0.270. The van der Waals surface area contributed by atoms with Gasteiger partial charge in [-0.05, 0) is 64.7 Å². The number of nitrogens with one attached hydrogen (secondary N) is 1. The molecule has 1 atom stereocenters. The third-order valence-electron chi connectivity index (χ3n) is 3.18. The van der Waals surface area contributed by atoms with Crippen LogP contribution in [-0.2, 0) is 0 Å². The number of piperidine rings is 1. The van der Waals surface area contributed by atoms with Crippen molar-refractivity contribution in [1.82, 2.24) is 10.2 Å². The van der Waals surface area contributed by atoms with E-state index < -0.39 is 0 Å². The van der Waals surface area contributed by atoms with E-state index in [1.165, 1.54) is 44.6 Å². The van der Waals surface area contributed by atoms with Crippen LogP contribution in [0.2, 0.25) is 0 Å². The Morgan fingerprint density at radius 3 is 2.60 bits per heavy atom. The predicted octanol–water partition coefficient (Wildman–Crippen LogP) is 2.06. The molecular weight excluding hydrogens is 204 g/mol. The van der Waals surface area contributed by atoms with Crippen LogP contribution >= 0.6 is 11.8 Å². The van der Waals surface area contributed by atoms with Gasteiger partial charge in [0.2, 0.25) is 0 Å². The van der Waals surface area contributed by atoms with Gasteiger partial charge in [-0.15, -0.1) is 0 Å². The molecule has 1 saturated heterocycles. The Bertz CT molecular complexity index is 156. The summed E-state index contributed by atoms with van der Waals surface area (Å²) in [6, 6.07) is 0. The number of nitrogens with zero attached hydrogens (tertiary/aromatic N) is 1. The minimum absolute atomic E-state index is 0.856. The lowest BCUT2D eigenvalue weighted by Gasteiger charge is -2.28. The third-order valence-corrected chi connectivity index (χ3v) is 4.61. The molecule has 1 unspecified atom stereocenters. The summed E-state index contributed by atoms with van der Waals surface area (Å²) in [5.74, 6) is 2.28. The summed E-state index contributed by atoms with van der Waals surface area (Å²) >= 11 is 2.17. The van der Waals surface area contributed by atoms with Crippen molar-refractivity contribution in [2.75, 3.05) is 39.5 Å². The van der Waals surface area contributed by atoms with Crippen molar-refractivity contribution in [2.45, 2.75) is 31.4 Å². The van der Waals surface area contributed by atoms with Crippen LogP contribution in [0.3, 0.4) is 0 Å². The van der Waals surface area contributed by atoms with Crippen LogP contribution < -0.4 is 5.32 Å². The van der Waals surface area contributed by atoms with Gasteiger partial charge in [-0.25, -0.2) is 0 Å². The van der Waals surface area contributed by atoms with E-state index in [2.05, 4.69) is 43.0 Å². The van der Waals surface area contributed by atoms with Crippen molar-refractivity contribution < 1.29 is 0 Å². The molecule has 0 aromatic carbocycles. The first-order chi connectivity index (χ1) is 7.20. The van der Waals surface area contributed by atoms with Gasteiger partial charge in [0.25, 0.3) is 0 Å². The Labute approximate surface area is 99.2 Å². The van der Waals surface area contributed by atoms with Crippen molar-refractivity contribution in [3.05, 3.63) is 0 Å². The first-order valence-corrected chi connectivity index (χ1v) is 7.22. The summed E-state index contributed by atoms with van der Waals surface area (Å²) in [5.41, 5.74) is 0. The fourth-order valence-corrected chi connectivity index (χ4v) is 3.31. The fourth-order valence-electron chi connectivity index (χ4n) is 2.10. The zero-order chi connectivity index (χ0) is 11.1. The van der Waals surface area contributed by atoms with Crippen LogP contribution in [-0.4, -0.2) is 49.6 Å². The minimum Gasteiger partial charge on any atom is -0.317 e. The molecule has 0 radical (unpaired) electrons. The molecule has 1 aliphatic rings. The van der Waals surface area contributed by atoms with Gasteiger partial charge in [0.15, 0.2) is 0 Å². The monoisotopic (exact) mass is 230 g/mol. The molecule has 0 aliphatic carbocycles. The Morgan fingerprint density at radius 2 is 2.00 bits per heavy atom. The normalized spacial score (nSPS) is 20.8. The second-order valence-electron chi connectivity index (χ2n) is 4.82. The van der Waals surface area contributed by atoms with Gasteiger partial charge >= 0.3 is 0 Å². The van der Waals surface area contributed by atoms with Crippen LogP contribution in [0.25, 0.3) is 0 Å². The highest BCUT2D eigenvalue weighted by Crippen LogP contribution is 2.26. The van der Waals surface area contributed by atoms with Gasteiger partial charge in [0.05, 0.1) is 0 Å². The molecule has 1 N–H and O–H groups in total. The number of rotatable bonds is 6. The average Bonchev–Trinajstić information content (AvgIpc) is 2.25. The first-order valence-electron chi connectivity index (χ1n) is 6.17. The van der Waals surface area contributed by atoms with Crippen LogP contribution in [0.4, 0.5) is 0 Å². The zero-order valence-electron chi connectivity index (χ0n) is 10.5. The van der Waals surface area contributed by atoms with E-state index in [1.54, 1.807) is 0 Å². The summed E-state index contributed by atoms with van der Waals surface area (Å²) in [5, 5.41) is 4.29. The van der Waals surface area contributed by atoms with Crippen molar-refractivity contribution in [1.29, 1.82) is 0 Å². The molecule has 2 nitrogen and oxygen atoms in total. The predicted molar refractivity (Wildman–Crippen MR) is 70.7 cm³/mol. The molecular formula is C12H26N2S. The lowest BCUT2D eigenvalue weighted by Crippen LogP contribution is -2.32. The molecule has 3 heteroatoms. The molecule has 1 fully saturated rings. The van der Waals surface area contributed by atoms with Crippen LogP contribution in [0.5, 0.6) is 0 Å². The standard InChI is InChI=1S/C12H26N2S/c1-11(12-5-7-13-8-6-12)15-10-4-9-14(2)3/h11-13H,4-10H2,1-3H3. The number of hydrogen-bond acceptors (Lipinski definition) is 3. The first kappa shape index (κ1) is 13.3. The third kappa shape index (κ3) is 5.79. The molecule has 0 saturated carbocycles. The highest BCUT2D eigenvalue weighted by atomic mass is 32.2. The summed E-state index contributed by atoms with van der Waals surface area (Å²) < 4.78 is 0. The van der Waals surface area contributed by atoms with E-state index in [4.69, 9.17) is 0 Å².